The summed E-state index contributed by atoms with van der Waals surface area (Å²) in [6.45, 7) is 0. The molecule has 0 radical (unpaired) electrons. The SMILES string of the molecule is O=[N+]([O-])C1=CC(C(F)(F)F)CC([N+](=O)[O-])=C1SC1=C2N=CC=CC2CC=C1. The Labute approximate surface area is 155 Å². The van der Waals surface area contributed by atoms with Crippen LogP contribution >= 0.6 is 11.8 Å². The molecular formula is C16H12F3N3O4S. The molecule has 2 aliphatic carbocycles. The Balaban J connectivity index is 2.07. The minimum atomic E-state index is -4.81. The van der Waals surface area contributed by atoms with Gasteiger partial charge in [0.2, 0.25) is 0 Å². The molecule has 2 atom stereocenters. The van der Waals surface area contributed by atoms with Gasteiger partial charge in [-0.1, -0.05) is 30.0 Å². The van der Waals surface area contributed by atoms with Crippen LogP contribution in [0.15, 0.2) is 62.3 Å². The van der Waals surface area contributed by atoms with Crippen LogP contribution < -0.4 is 0 Å². The molecule has 0 aromatic rings. The van der Waals surface area contributed by atoms with Crippen molar-refractivity contribution in [1.29, 1.82) is 0 Å². The number of thioether (sulfide) groups is 1. The first-order valence-corrected chi connectivity index (χ1v) is 8.60. The number of allylic oxidation sites excluding steroid dienone is 6. The van der Waals surface area contributed by atoms with Crippen molar-refractivity contribution in [2.24, 2.45) is 16.8 Å². The van der Waals surface area contributed by atoms with E-state index >= 15 is 0 Å². The molecule has 0 aromatic heterocycles. The smallest absolute Gasteiger partial charge is 0.259 e. The molecule has 1 heterocycles. The van der Waals surface area contributed by atoms with Gasteiger partial charge in [-0.25, -0.2) is 0 Å². The van der Waals surface area contributed by atoms with Gasteiger partial charge >= 0.3 is 6.18 Å². The van der Waals surface area contributed by atoms with Crippen molar-refractivity contribution >= 4 is 18.0 Å². The lowest BCUT2D eigenvalue weighted by atomic mass is 9.95. The summed E-state index contributed by atoms with van der Waals surface area (Å²) in [5.74, 6) is -2.35. The van der Waals surface area contributed by atoms with E-state index in [0.717, 1.165) is 11.8 Å². The number of halogens is 3. The molecule has 0 saturated carbocycles. The van der Waals surface area contributed by atoms with E-state index in [-0.39, 0.29) is 10.8 Å². The highest BCUT2D eigenvalue weighted by atomic mass is 32.2. The van der Waals surface area contributed by atoms with Gasteiger partial charge in [-0.15, -0.1) is 0 Å². The monoisotopic (exact) mass is 399 g/mol. The van der Waals surface area contributed by atoms with Crippen LogP contribution in [0.4, 0.5) is 13.2 Å². The average Bonchev–Trinajstić information content (AvgIpc) is 2.60. The zero-order valence-corrected chi connectivity index (χ0v) is 14.4. The molecule has 27 heavy (non-hydrogen) atoms. The van der Waals surface area contributed by atoms with E-state index in [2.05, 4.69) is 4.99 Å². The molecule has 0 amide bonds. The first-order chi connectivity index (χ1) is 12.7. The van der Waals surface area contributed by atoms with Gasteiger partial charge in [-0.05, 0) is 12.5 Å². The number of fused-ring (bicyclic) bond motifs is 1. The van der Waals surface area contributed by atoms with Crippen LogP contribution in [-0.4, -0.2) is 22.2 Å². The van der Waals surface area contributed by atoms with Gasteiger partial charge in [0.05, 0.1) is 27.9 Å². The average molecular weight is 399 g/mol. The minimum absolute atomic E-state index is 0.0725. The normalized spacial score (nSPS) is 24.8. The summed E-state index contributed by atoms with van der Waals surface area (Å²) in [6, 6.07) is 0. The van der Waals surface area contributed by atoms with Crippen molar-refractivity contribution in [3.05, 3.63) is 77.5 Å². The van der Waals surface area contributed by atoms with Gasteiger partial charge in [-0.3, -0.25) is 25.2 Å². The summed E-state index contributed by atoms with van der Waals surface area (Å²) in [4.78, 5) is 25.0. The van der Waals surface area contributed by atoms with E-state index in [4.69, 9.17) is 0 Å². The molecule has 7 nitrogen and oxygen atoms in total. The maximum Gasteiger partial charge on any atom is 0.395 e. The molecule has 0 aromatic carbocycles. The third-order valence-electron chi connectivity index (χ3n) is 4.22. The zero-order valence-electron chi connectivity index (χ0n) is 13.5. The molecule has 1 aliphatic heterocycles. The third-order valence-corrected chi connectivity index (χ3v) is 5.44. The van der Waals surface area contributed by atoms with Gasteiger partial charge in [-0.2, -0.15) is 13.2 Å². The maximum atomic E-state index is 13.1. The maximum absolute atomic E-state index is 13.1. The predicted octanol–water partition coefficient (Wildman–Crippen LogP) is 4.38. The van der Waals surface area contributed by atoms with Gasteiger partial charge in [0.1, 0.15) is 0 Å². The molecular weight excluding hydrogens is 387 g/mol. The van der Waals surface area contributed by atoms with E-state index in [1.165, 1.54) is 6.21 Å². The molecule has 0 bridgehead atoms. The number of alkyl halides is 3. The number of rotatable bonds is 4. The second kappa shape index (κ2) is 7.14. The summed E-state index contributed by atoms with van der Waals surface area (Å²) >= 11 is 0.719. The molecule has 0 spiro atoms. The summed E-state index contributed by atoms with van der Waals surface area (Å²) < 4.78 is 39.2. The zero-order chi connectivity index (χ0) is 19.8. The summed E-state index contributed by atoms with van der Waals surface area (Å²) in [5.41, 5.74) is -1.13. The molecule has 0 fully saturated rings. The molecule has 2 unspecified atom stereocenters. The van der Waals surface area contributed by atoms with Crippen molar-refractivity contribution in [3.8, 4) is 0 Å². The van der Waals surface area contributed by atoms with Crippen molar-refractivity contribution in [1.82, 2.24) is 0 Å². The Bertz CT molecular complexity index is 884. The third kappa shape index (κ3) is 3.87. The number of nitrogens with zero attached hydrogens (tertiary/aromatic N) is 3. The fraction of sp³-hybridized carbons (Fsp3) is 0.312. The van der Waals surface area contributed by atoms with E-state index in [1.807, 2.05) is 6.08 Å². The number of hydrogen-bond acceptors (Lipinski definition) is 6. The highest BCUT2D eigenvalue weighted by Gasteiger charge is 2.48. The van der Waals surface area contributed by atoms with Crippen LogP contribution in [0.1, 0.15) is 12.8 Å². The second-order valence-corrected chi connectivity index (χ2v) is 7.01. The van der Waals surface area contributed by atoms with Gasteiger partial charge in [0.15, 0.2) is 4.91 Å². The van der Waals surface area contributed by atoms with Crippen LogP contribution in [0.3, 0.4) is 0 Å². The van der Waals surface area contributed by atoms with Gasteiger partial charge in [0, 0.05) is 23.1 Å². The summed E-state index contributed by atoms with van der Waals surface area (Å²) in [5, 5.41) is 22.7. The van der Waals surface area contributed by atoms with Gasteiger partial charge < -0.3 is 0 Å². The van der Waals surface area contributed by atoms with E-state index < -0.39 is 39.8 Å². The Morgan fingerprint density at radius 2 is 1.96 bits per heavy atom. The topological polar surface area (TPSA) is 98.6 Å². The molecule has 0 N–H and O–H groups in total. The highest BCUT2D eigenvalue weighted by molar-refractivity contribution is 8.07. The van der Waals surface area contributed by atoms with Crippen LogP contribution in [0.2, 0.25) is 0 Å². The largest absolute Gasteiger partial charge is 0.395 e. The molecule has 3 rings (SSSR count). The summed E-state index contributed by atoms with van der Waals surface area (Å²) in [7, 11) is 0. The number of dihydropyridines is 1. The predicted molar refractivity (Wildman–Crippen MR) is 92.8 cm³/mol. The lowest BCUT2D eigenvalue weighted by molar-refractivity contribution is -0.442. The first kappa shape index (κ1) is 19.1. The molecule has 3 aliphatic rings. The van der Waals surface area contributed by atoms with Crippen molar-refractivity contribution in [2.45, 2.75) is 19.0 Å². The lowest BCUT2D eigenvalue weighted by Gasteiger charge is -2.23. The number of aliphatic imine (C=N–C) groups is 1. The fourth-order valence-electron chi connectivity index (χ4n) is 2.93. The van der Waals surface area contributed by atoms with Crippen molar-refractivity contribution in [2.75, 3.05) is 0 Å². The van der Waals surface area contributed by atoms with Crippen LogP contribution in [0.25, 0.3) is 0 Å². The standard InChI is InChI=1S/C16H12F3N3O4S/c17-16(18,19)10-7-11(21(23)24)15(12(8-10)22(25)26)27-13-5-1-3-9-4-2-6-20-14(9)13/h1-2,4-7,9-10H,3,8H2. The van der Waals surface area contributed by atoms with Gasteiger partial charge in [0.25, 0.3) is 11.4 Å². The minimum Gasteiger partial charge on any atom is -0.259 e. The molecule has 0 saturated heterocycles. The lowest BCUT2D eigenvalue weighted by Crippen LogP contribution is -2.27. The van der Waals surface area contributed by atoms with Crippen molar-refractivity contribution in [3.63, 3.8) is 0 Å². The quantitative estimate of drug-likeness (QED) is 0.516. The Hall–Kier alpha value is -2.69. The first-order valence-electron chi connectivity index (χ1n) is 7.78. The highest BCUT2D eigenvalue weighted by Crippen LogP contribution is 2.47. The van der Waals surface area contributed by atoms with Crippen molar-refractivity contribution < 1.29 is 23.0 Å². The second-order valence-electron chi connectivity index (χ2n) is 5.95. The Morgan fingerprint density at radius 1 is 1.22 bits per heavy atom. The number of hydrogen-bond donors (Lipinski definition) is 0. The summed E-state index contributed by atoms with van der Waals surface area (Å²) in [6.07, 6.45) is 3.92. The van der Waals surface area contributed by atoms with Crippen LogP contribution in [0, 0.1) is 32.1 Å². The molecule has 11 heteroatoms. The van der Waals surface area contributed by atoms with E-state index in [0.29, 0.717) is 23.1 Å². The Morgan fingerprint density at radius 3 is 2.59 bits per heavy atom. The fourth-order valence-corrected chi connectivity index (χ4v) is 4.15. The number of nitro groups is 2. The van der Waals surface area contributed by atoms with Crippen LogP contribution in [0.5, 0.6) is 0 Å². The Kier molecular flexibility index (Phi) is 5.05. The van der Waals surface area contributed by atoms with Crippen LogP contribution in [-0.2, 0) is 0 Å². The van der Waals surface area contributed by atoms with E-state index in [9.17, 15) is 33.4 Å². The van der Waals surface area contributed by atoms with E-state index in [1.54, 1.807) is 18.2 Å². The molecule has 142 valence electrons.